The molecule has 0 saturated heterocycles. The van der Waals surface area contributed by atoms with Gasteiger partial charge >= 0.3 is 0 Å². The zero-order valence-electron chi connectivity index (χ0n) is 11.5. The molecule has 2 aromatic heterocycles. The number of fused-ring (bicyclic) bond motifs is 1. The Hall–Kier alpha value is -1.46. The third kappa shape index (κ3) is 2.11. The number of aromatic amines is 1. The van der Waals surface area contributed by atoms with E-state index in [0.717, 1.165) is 11.0 Å². The second-order valence-electron chi connectivity index (χ2n) is 5.04. The zero-order valence-corrected chi connectivity index (χ0v) is 13.2. The summed E-state index contributed by atoms with van der Waals surface area (Å²) < 4.78 is 16.3. The van der Waals surface area contributed by atoms with Crippen molar-refractivity contribution in [1.29, 1.82) is 0 Å². The molecular formula is C15H15FN2S2. The number of nitrogens with one attached hydrogen (secondary N) is 1. The van der Waals surface area contributed by atoms with Gasteiger partial charge in [-0.05, 0) is 62.8 Å². The zero-order chi connectivity index (χ0) is 14.4. The van der Waals surface area contributed by atoms with Crippen molar-refractivity contribution in [3.05, 3.63) is 50.2 Å². The predicted molar refractivity (Wildman–Crippen MR) is 84.7 cm³/mol. The normalized spacial score (nSPS) is 13.0. The van der Waals surface area contributed by atoms with E-state index in [1.807, 2.05) is 6.07 Å². The first kappa shape index (κ1) is 13.5. The maximum Gasteiger partial charge on any atom is 0.178 e. The summed E-state index contributed by atoms with van der Waals surface area (Å²) in [6, 6.07) is 7.75. The van der Waals surface area contributed by atoms with Gasteiger partial charge in [0, 0.05) is 9.75 Å². The molecule has 0 fully saturated rings. The monoisotopic (exact) mass is 306 g/mol. The number of benzene rings is 1. The Balaban J connectivity index is 2.23. The van der Waals surface area contributed by atoms with E-state index in [9.17, 15) is 4.39 Å². The van der Waals surface area contributed by atoms with Gasteiger partial charge in [-0.1, -0.05) is 0 Å². The van der Waals surface area contributed by atoms with Crippen LogP contribution in [0, 0.1) is 24.4 Å². The van der Waals surface area contributed by atoms with Gasteiger partial charge < -0.3 is 9.55 Å². The summed E-state index contributed by atoms with van der Waals surface area (Å²) in [6.45, 7) is 5.98. The van der Waals surface area contributed by atoms with E-state index < -0.39 is 0 Å². The lowest BCUT2D eigenvalue weighted by Crippen LogP contribution is -2.05. The van der Waals surface area contributed by atoms with Crippen LogP contribution in [0.5, 0.6) is 0 Å². The molecule has 5 heteroatoms. The van der Waals surface area contributed by atoms with Gasteiger partial charge in [-0.2, -0.15) is 0 Å². The summed E-state index contributed by atoms with van der Waals surface area (Å²) in [5.41, 5.74) is 2.33. The molecule has 1 aromatic carbocycles. The molecule has 0 bridgehead atoms. The Morgan fingerprint density at radius 2 is 2.05 bits per heavy atom. The van der Waals surface area contributed by atoms with Crippen LogP contribution in [0.15, 0.2) is 24.3 Å². The van der Waals surface area contributed by atoms with Crippen LogP contribution in [-0.4, -0.2) is 9.55 Å². The second kappa shape index (κ2) is 4.82. The summed E-state index contributed by atoms with van der Waals surface area (Å²) in [6.07, 6.45) is 0. The second-order valence-corrected chi connectivity index (χ2v) is 6.75. The minimum absolute atomic E-state index is 0.139. The Labute approximate surface area is 125 Å². The molecule has 0 aliphatic heterocycles. The molecule has 20 heavy (non-hydrogen) atoms. The van der Waals surface area contributed by atoms with E-state index in [-0.39, 0.29) is 11.9 Å². The summed E-state index contributed by atoms with van der Waals surface area (Å²) in [5.74, 6) is -0.208. The van der Waals surface area contributed by atoms with Gasteiger partial charge in [-0.15, -0.1) is 11.3 Å². The molecule has 1 N–H and O–H groups in total. The van der Waals surface area contributed by atoms with E-state index in [1.165, 1.54) is 15.8 Å². The lowest BCUT2D eigenvalue weighted by molar-refractivity contribution is 0.619. The Bertz CT molecular complexity index is 841. The van der Waals surface area contributed by atoms with Gasteiger partial charge in [0.25, 0.3) is 0 Å². The maximum absolute atomic E-state index is 13.7. The van der Waals surface area contributed by atoms with Crippen LogP contribution in [0.25, 0.3) is 11.0 Å². The first-order chi connectivity index (χ1) is 9.47. The fourth-order valence-electron chi connectivity index (χ4n) is 2.44. The predicted octanol–water partition coefficient (Wildman–Crippen LogP) is 5.13. The van der Waals surface area contributed by atoms with E-state index in [1.54, 1.807) is 18.3 Å². The molecule has 2 heterocycles. The van der Waals surface area contributed by atoms with Crippen molar-refractivity contribution in [2.75, 3.05) is 0 Å². The number of rotatable bonds is 2. The van der Waals surface area contributed by atoms with Gasteiger partial charge in [0.2, 0.25) is 0 Å². The van der Waals surface area contributed by atoms with Crippen molar-refractivity contribution in [2.45, 2.75) is 26.8 Å². The van der Waals surface area contributed by atoms with Crippen molar-refractivity contribution in [3.8, 4) is 0 Å². The van der Waals surface area contributed by atoms with Gasteiger partial charge in [0.15, 0.2) is 4.77 Å². The summed E-state index contributed by atoms with van der Waals surface area (Å²) in [7, 11) is 0. The first-order valence-electron chi connectivity index (χ1n) is 6.44. The number of aryl methyl sites for hydroxylation is 2. The van der Waals surface area contributed by atoms with Crippen LogP contribution >= 0.6 is 23.6 Å². The Morgan fingerprint density at radius 3 is 2.70 bits per heavy atom. The van der Waals surface area contributed by atoms with Crippen LogP contribution in [0.3, 0.4) is 0 Å². The minimum Gasteiger partial charge on any atom is -0.330 e. The fraction of sp³-hybridized carbons (Fsp3) is 0.267. The molecule has 0 radical (unpaired) electrons. The van der Waals surface area contributed by atoms with Gasteiger partial charge in [-0.3, -0.25) is 0 Å². The molecule has 2 nitrogen and oxygen atoms in total. The molecule has 0 aliphatic rings. The molecule has 0 aliphatic carbocycles. The van der Waals surface area contributed by atoms with Gasteiger partial charge in [0.1, 0.15) is 5.82 Å². The number of hydrogen-bond donors (Lipinski definition) is 1. The topological polar surface area (TPSA) is 20.7 Å². The summed E-state index contributed by atoms with van der Waals surface area (Å²) in [4.78, 5) is 5.62. The van der Waals surface area contributed by atoms with Crippen molar-refractivity contribution in [2.24, 2.45) is 0 Å². The molecule has 0 saturated carbocycles. The van der Waals surface area contributed by atoms with Gasteiger partial charge in [0.05, 0.1) is 17.1 Å². The standard InChI is InChI=1S/C15H15FN2S2/c1-8-6-13-12(7-11(8)16)17-15(19)18(13)10(3)14-5-4-9(2)20-14/h4-7,10H,1-3H3,(H,17,19). The van der Waals surface area contributed by atoms with Crippen LogP contribution in [0.1, 0.15) is 28.3 Å². The van der Waals surface area contributed by atoms with E-state index >= 15 is 0 Å². The van der Waals surface area contributed by atoms with Crippen molar-refractivity contribution >= 4 is 34.6 Å². The molecule has 1 atom stereocenters. The molecular weight excluding hydrogens is 291 g/mol. The molecule has 3 rings (SSSR count). The van der Waals surface area contributed by atoms with Crippen LogP contribution < -0.4 is 0 Å². The first-order valence-corrected chi connectivity index (χ1v) is 7.66. The number of hydrogen-bond acceptors (Lipinski definition) is 2. The average Bonchev–Trinajstić information content (AvgIpc) is 2.93. The maximum atomic E-state index is 13.7. The highest BCUT2D eigenvalue weighted by atomic mass is 32.1. The van der Waals surface area contributed by atoms with E-state index in [2.05, 4.69) is 35.5 Å². The minimum atomic E-state index is -0.208. The SMILES string of the molecule is Cc1ccc(C(C)n2c(=S)[nH]c3cc(F)c(C)cc32)s1. The Morgan fingerprint density at radius 1 is 1.30 bits per heavy atom. The molecule has 3 aromatic rings. The number of aromatic nitrogens is 2. The van der Waals surface area contributed by atoms with E-state index in [0.29, 0.717) is 10.3 Å². The number of imidazole rings is 1. The average molecular weight is 306 g/mol. The van der Waals surface area contributed by atoms with Crippen LogP contribution in [0.4, 0.5) is 4.39 Å². The number of halogens is 1. The Kier molecular flexibility index (Phi) is 3.26. The number of nitrogens with zero attached hydrogens (tertiary/aromatic N) is 1. The van der Waals surface area contributed by atoms with Crippen molar-refractivity contribution in [1.82, 2.24) is 9.55 Å². The van der Waals surface area contributed by atoms with Crippen LogP contribution in [0.2, 0.25) is 0 Å². The van der Waals surface area contributed by atoms with Crippen LogP contribution in [-0.2, 0) is 0 Å². The number of H-pyrrole nitrogens is 1. The quantitative estimate of drug-likeness (QED) is 0.651. The molecule has 1 unspecified atom stereocenters. The molecule has 0 spiro atoms. The highest BCUT2D eigenvalue weighted by Gasteiger charge is 2.15. The smallest absolute Gasteiger partial charge is 0.178 e. The summed E-state index contributed by atoms with van der Waals surface area (Å²) in [5, 5.41) is 0. The highest BCUT2D eigenvalue weighted by molar-refractivity contribution is 7.71. The molecule has 104 valence electrons. The number of thiophene rings is 1. The van der Waals surface area contributed by atoms with E-state index in [4.69, 9.17) is 12.2 Å². The third-order valence-electron chi connectivity index (χ3n) is 3.56. The molecule has 0 amide bonds. The lowest BCUT2D eigenvalue weighted by Gasteiger charge is -2.13. The third-order valence-corrected chi connectivity index (χ3v) is 5.03. The fourth-order valence-corrected chi connectivity index (χ4v) is 3.73. The highest BCUT2D eigenvalue weighted by Crippen LogP contribution is 2.30. The lowest BCUT2D eigenvalue weighted by atomic mass is 10.2. The van der Waals surface area contributed by atoms with Crippen molar-refractivity contribution in [3.63, 3.8) is 0 Å². The largest absolute Gasteiger partial charge is 0.330 e. The summed E-state index contributed by atoms with van der Waals surface area (Å²) >= 11 is 7.18. The van der Waals surface area contributed by atoms with Gasteiger partial charge in [-0.25, -0.2) is 4.39 Å². The van der Waals surface area contributed by atoms with Crippen molar-refractivity contribution < 1.29 is 4.39 Å².